The Morgan fingerprint density at radius 2 is 1.89 bits per heavy atom. The van der Waals surface area contributed by atoms with Gasteiger partial charge in [-0.05, 0) is 86.5 Å². The average Bonchev–Trinajstić information content (AvgIpc) is 3.34. The fraction of sp³-hybridized carbons (Fsp3) is 0.312. The smallest absolute Gasteiger partial charge is 0.188 e. The fourth-order valence-electron chi connectivity index (χ4n) is 5.47. The van der Waals surface area contributed by atoms with Gasteiger partial charge in [-0.1, -0.05) is 25.1 Å². The van der Waals surface area contributed by atoms with Crippen molar-refractivity contribution in [2.75, 3.05) is 26.3 Å². The molecule has 38 heavy (non-hydrogen) atoms. The molecule has 3 heterocycles. The number of hydrogen-bond donors (Lipinski definition) is 1. The lowest BCUT2D eigenvalue weighted by molar-refractivity contribution is 0.0492. The molecule has 0 saturated carbocycles. The Hall–Kier alpha value is -3.48. The molecule has 0 fully saturated rings. The number of methoxy groups -OCH3 is 2. The zero-order valence-corrected chi connectivity index (χ0v) is 24.0. The van der Waals surface area contributed by atoms with Gasteiger partial charge in [0.15, 0.2) is 18.3 Å². The Morgan fingerprint density at radius 3 is 2.63 bits per heavy atom. The van der Waals surface area contributed by atoms with E-state index in [1.165, 1.54) is 21.6 Å². The number of hydrogen-bond acceptors (Lipinski definition) is 6. The summed E-state index contributed by atoms with van der Waals surface area (Å²) in [5.74, 6) is 2.79. The van der Waals surface area contributed by atoms with E-state index in [4.69, 9.17) is 18.9 Å². The second-order valence-corrected chi connectivity index (χ2v) is 11.2. The first kappa shape index (κ1) is 26.1. The summed E-state index contributed by atoms with van der Waals surface area (Å²) in [4.78, 5) is 1.17. The summed E-state index contributed by atoms with van der Waals surface area (Å²) in [6.45, 7) is 11.0. The van der Waals surface area contributed by atoms with Crippen LogP contribution in [0, 0.1) is 0 Å². The van der Waals surface area contributed by atoms with Crippen LogP contribution in [0.4, 0.5) is 5.69 Å². The van der Waals surface area contributed by atoms with Crippen molar-refractivity contribution in [3.8, 4) is 28.4 Å². The number of ether oxygens (including phenoxy) is 4. The topological polar surface area (TPSA) is 49.0 Å². The third-order valence-electron chi connectivity index (χ3n) is 6.88. The Bertz CT molecular complexity index is 1470. The first-order valence-corrected chi connectivity index (χ1v) is 13.8. The number of rotatable bonds is 7. The van der Waals surface area contributed by atoms with Gasteiger partial charge in [0.2, 0.25) is 0 Å². The zero-order valence-electron chi connectivity index (χ0n) is 23.2. The van der Waals surface area contributed by atoms with Gasteiger partial charge < -0.3 is 24.3 Å². The minimum Gasteiger partial charge on any atom is -0.492 e. The van der Waals surface area contributed by atoms with Crippen LogP contribution >= 0.6 is 11.3 Å². The van der Waals surface area contributed by atoms with Crippen molar-refractivity contribution in [3.63, 3.8) is 0 Å². The molecule has 0 spiro atoms. The SMILES string of the molecule is CC/C=C(\C)c1ccsc1/C=C1\Oc2ccc(OCOC)c(OC)c2-c2ccc3c(c21)C(C)=CC(C)(C)N3. The molecular weight excluding hydrogens is 494 g/mol. The molecule has 0 atom stereocenters. The van der Waals surface area contributed by atoms with E-state index in [1.54, 1.807) is 25.6 Å². The number of allylic oxidation sites excluding steroid dienone is 3. The molecule has 0 amide bonds. The molecule has 198 valence electrons. The van der Waals surface area contributed by atoms with Gasteiger partial charge in [-0.2, -0.15) is 0 Å². The molecular formula is C32H35NO4S. The molecule has 1 N–H and O–H groups in total. The number of thiophene rings is 1. The number of anilines is 1. The summed E-state index contributed by atoms with van der Waals surface area (Å²) in [5, 5.41) is 5.84. The summed E-state index contributed by atoms with van der Waals surface area (Å²) in [7, 11) is 3.27. The second kappa shape index (κ2) is 10.4. The zero-order chi connectivity index (χ0) is 27.0. The van der Waals surface area contributed by atoms with Gasteiger partial charge in [-0.3, -0.25) is 0 Å². The molecule has 3 aromatic rings. The summed E-state index contributed by atoms with van der Waals surface area (Å²) in [6.07, 6.45) is 7.73. The molecule has 2 aliphatic heterocycles. The van der Waals surface area contributed by atoms with Crippen molar-refractivity contribution in [1.29, 1.82) is 0 Å². The monoisotopic (exact) mass is 529 g/mol. The highest BCUT2D eigenvalue weighted by atomic mass is 32.1. The normalized spacial score (nSPS) is 16.6. The van der Waals surface area contributed by atoms with Gasteiger partial charge in [0.1, 0.15) is 11.5 Å². The lowest BCUT2D eigenvalue weighted by Crippen LogP contribution is -2.32. The number of fused-ring (bicyclic) bond motifs is 5. The van der Waals surface area contributed by atoms with Crippen LogP contribution in [-0.4, -0.2) is 26.6 Å². The van der Waals surface area contributed by atoms with Crippen LogP contribution in [0.25, 0.3) is 34.1 Å². The van der Waals surface area contributed by atoms with E-state index in [9.17, 15) is 0 Å². The molecule has 5 rings (SSSR count). The molecule has 5 nitrogen and oxygen atoms in total. The minimum absolute atomic E-state index is 0.130. The van der Waals surface area contributed by atoms with E-state index in [-0.39, 0.29) is 12.3 Å². The van der Waals surface area contributed by atoms with Gasteiger partial charge in [-0.15, -0.1) is 11.3 Å². The molecule has 2 aromatic carbocycles. The molecule has 0 radical (unpaired) electrons. The van der Waals surface area contributed by atoms with E-state index in [1.807, 2.05) is 12.1 Å². The predicted molar refractivity (Wildman–Crippen MR) is 159 cm³/mol. The highest BCUT2D eigenvalue weighted by Gasteiger charge is 2.34. The second-order valence-electron chi connectivity index (χ2n) is 10.2. The quantitative estimate of drug-likeness (QED) is 0.310. The molecule has 1 aromatic heterocycles. The van der Waals surface area contributed by atoms with E-state index in [2.05, 4.69) is 81.7 Å². The van der Waals surface area contributed by atoms with Crippen LogP contribution in [0.1, 0.15) is 62.6 Å². The standard InChI is InChI=1S/C32H35NO4S/c1-8-9-19(2)21-14-15-38-27(21)16-26-29-22(10-11-23-28(29)20(3)17-32(4,5)33-23)30-24(37-26)12-13-25(31(30)35-7)36-18-34-6/h9-17,33H,8,18H2,1-7H3/b19-9+,26-16-. The summed E-state index contributed by atoms with van der Waals surface area (Å²) in [5.41, 5.74) is 8.76. The van der Waals surface area contributed by atoms with Crippen LogP contribution in [0.15, 0.2) is 47.9 Å². The van der Waals surface area contributed by atoms with E-state index < -0.39 is 0 Å². The first-order valence-electron chi connectivity index (χ1n) is 12.9. The predicted octanol–water partition coefficient (Wildman–Crippen LogP) is 8.72. The van der Waals surface area contributed by atoms with Gasteiger partial charge in [0, 0.05) is 34.4 Å². The number of nitrogens with one attached hydrogen (secondary N) is 1. The van der Waals surface area contributed by atoms with Crippen LogP contribution in [0.5, 0.6) is 17.2 Å². The summed E-state index contributed by atoms with van der Waals surface area (Å²) < 4.78 is 23.6. The molecule has 2 aliphatic rings. The van der Waals surface area contributed by atoms with Crippen LogP contribution in [0.2, 0.25) is 0 Å². The Balaban J connectivity index is 1.78. The Kier molecular flexibility index (Phi) is 7.12. The van der Waals surface area contributed by atoms with Crippen molar-refractivity contribution in [3.05, 3.63) is 69.4 Å². The molecule has 0 saturated heterocycles. The maximum atomic E-state index is 6.72. The molecule has 0 aliphatic carbocycles. The minimum atomic E-state index is -0.148. The van der Waals surface area contributed by atoms with E-state index >= 15 is 0 Å². The summed E-state index contributed by atoms with van der Waals surface area (Å²) in [6, 6.07) is 10.3. The lowest BCUT2D eigenvalue weighted by atomic mass is 9.83. The van der Waals surface area contributed by atoms with E-state index in [0.29, 0.717) is 11.5 Å². The maximum absolute atomic E-state index is 6.72. The van der Waals surface area contributed by atoms with Crippen LogP contribution in [0.3, 0.4) is 0 Å². The highest BCUT2D eigenvalue weighted by Crippen LogP contribution is 2.54. The third kappa shape index (κ3) is 4.63. The maximum Gasteiger partial charge on any atom is 0.188 e. The van der Waals surface area contributed by atoms with Crippen molar-refractivity contribution < 1.29 is 18.9 Å². The summed E-state index contributed by atoms with van der Waals surface area (Å²) >= 11 is 1.72. The lowest BCUT2D eigenvalue weighted by Gasteiger charge is -2.35. The van der Waals surface area contributed by atoms with Crippen molar-refractivity contribution in [1.82, 2.24) is 0 Å². The number of benzene rings is 2. The first-order chi connectivity index (χ1) is 18.3. The highest BCUT2D eigenvalue weighted by molar-refractivity contribution is 7.11. The average molecular weight is 530 g/mol. The van der Waals surface area contributed by atoms with Crippen LogP contribution < -0.4 is 19.5 Å². The van der Waals surface area contributed by atoms with Crippen LogP contribution in [-0.2, 0) is 4.74 Å². The third-order valence-corrected chi connectivity index (χ3v) is 7.75. The van der Waals surface area contributed by atoms with Gasteiger partial charge in [-0.25, -0.2) is 0 Å². The van der Waals surface area contributed by atoms with Gasteiger partial charge in [0.25, 0.3) is 0 Å². The van der Waals surface area contributed by atoms with Crippen molar-refractivity contribution in [2.45, 2.75) is 46.6 Å². The van der Waals surface area contributed by atoms with Gasteiger partial charge in [0.05, 0.1) is 18.2 Å². The Labute approximate surface area is 229 Å². The van der Waals surface area contributed by atoms with E-state index in [0.717, 1.165) is 45.9 Å². The van der Waals surface area contributed by atoms with Crippen molar-refractivity contribution in [2.24, 2.45) is 0 Å². The molecule has 6 heteroatoms. The molecule has 0 unspecified atom stereocenters. The fourth-order valence-corrected chi connectivity index (χ4v) is 6.35. The van der Waals surface area contributed by atoms with Gasteiger partial charge >= 0.3 is 0 Å². The van der Waals surface area contributed by atoms with Crippen molar-refractivity contribution >= 4 is 40.0 Å². The Morgan fingerprint density at radius 1 is 1.08 bits per heavy atom. The largest absolute Gasteiger partial charge is 0.492 e. The molecule has 0 bridgehead atoms.